The zero-order chi connectivity index (χ0) is 9.26. The molecule has 0 saturated carbocycles. The molecule has 2 rings (SSSR count). The topological polar surface area (TPSA) is 24.4 Å². The number of hydrazone groups is 1. The van der Waals surface area contributed by atoms with E-state index in [1.807, 2.05) is 18.3 Å². The Labute approximate surface area is 82.6 Å². The van der Waals surface area contributed by atoms with Crippen molar-refractivity contribution in [3.05, 3.63) is 34.3 Å². The SMILES string of the molecule is CC1Cc2ccc(Cl)cc2C=NN1. The van der Waals surface area contributed by atoms with Crippen molar-refractivity contribution < 1.29 is 0 Å². The maximum Gasteiger partial charge on any atom is 0.0543 e. The fraction of sp³-hybridized carbons (Fsp3) is 0.300. The van der Waals surface area contributed by atoms with E-state index in [1.165, 1.54) is 5.56 Å². The summed E-state index contributed by atoms with van der Waals surface area (Å²) in [6.07, 6.45) is 2.82. The van der Waals surface area contributed by atoms with Crippen LogP contribution < -0.4 is 5.43 Å². The summed E-state index contributed by atoms with van der Waals surface area (Å²) >= 11 is 5.88. The zero-order valence-corrected chi connectivity index (χ0v) is 8.17. The minimum Gasteiger partial charge on any atom is -0.307 e. The summed E-state index contributed by atoms with van der Waals surface area (Å²) in [5, 5.41) is 4.86. The number of nitrogens with zero attached hydrogens (tertiary/aromatic N) is 1. The van der Waals surface area contributed by atoms with Crippen LogP contribution >= 0.6 is 11.6 Å². The smallest absolute Gasteiger partial charge is 0.0543 e. The third-order valence-electron chi connectivity index (χ3n) is 2.13. The highest BCUT2D eigenvalue weighted by Crippen LogP contribution is 2.17. The van der Waals surface area contributed by atoms with Crippen LogP contribution in [-0.2, 0) is 6.42 Å². The number of fused-ring (bicyclic) bond motifs is 1. The first kappa shape index (κ1) is 8.57. The highest BCUT2D eigenvalue weighted by Gasteiger charge is 2.09. The fourth-order valence-corrected chi connectivity index (χ4v) is 1.66. The summed E-state index contributed by atoms with van der Waals surface area (Å²) in [5.41, 5.74) is 5.45. The van der Waals surface area contributed by atoms with E-state index in [0.717, 1.165) is 17.0 Å². The van der Waals surface area contributed by atoms with Gasteiger partial charge in [0, 0.05) is 11.1 Å². The monoisotopic (exact) mass is 194 g/mol. The van der Waals surface area contributed by atoms with Crippen LogP contribution in [0.25, 0.3) is 0 Å². The second-order valence-corrected chi connectivity index (χ2v) is 3.77. The molecular weight excluding hydrogens is 184 g/mol. The number of rotatable bonds is 0. The number of nitrogens with one attached hydrogen (secondary N) is 1. The lowest BCUT2D eigenvalue weighted by molar-refractivity contribution is 0.577. The molecule has 0 amide bonds. The van der Waals surface area contributed by atoms with Crippen molar-refractivity contribution in [1.29, 1.82) is 0 Å². The molecule has 0 aromatic heterocycles. The lowest BCUT2D eigenvalue weighted by Gasteiger charge is -2.08. The maximum atomic E-state index is 5.88. The maximum absolute atomic E-state index is 5.88. The van der Waals surface area contributed by atoms with Gasteiger partial charge in [-0.15, -0.1) is 0 Å². The molecule has 13 heavy (non-hydrogen) atoms. The molecule has 3 heteroatoms. The van der Waals surface area contributed by atoms with Gasteiger partial charge in [0.05, 0.1) is 6.21 Å². The molecule has 1 aromatic carbocycles. The Morgan fingerprint density at radius 2 is 2.38 bits per heavy atom. The average Bonchev–Trinajstić information content (AvgIpc) is 2.25. The van der Waals surface area contributed by atoms with Gasteiger partial charge in [0.2, 0.25) is 0 Å². The van der Waals surface area contributed by atoms with Gasteiger partial charge < -0.3 is 5.43 Å². The van der Waals surface area contributed by atoms with E-state index < -0.39 is 0 Å². The van der Waals surface area contributed by atoms with E-state index in [1.54, 1.807) is 0 Å². The van der Waals surface area contributed by atoms with Gasteiger partial charge >= 0.3 is 0 Å². The molecule has 0 saturated heterocycles. The Bertz CT molecular complexity index is 347. The third-order valence-corrected chi connectivity index (χ3v) is 2.37. The van der Waals surface area contributed by atoms with E-state index in [0.29, 0.717) is 6.04 Å². The Hall–Kier alpha value is -1.02. The van der Waals surface area contributed by atoms with Crippen LogP contribution in [0.4, 0.5) is 0 Å². The van der Waals surface area contributed by atoms with Crippen molar-refractivity contribution in [3.8, 4) is 0 Å². The number of hydrogen-bond donors (Lipinski definition) is 1. The molecule has 0 fully saturated rings. The molecule has 68 valence electrons. The summed E-state index contributed by atoms with van der Waals surface area (Å²) in [4.78, 5) is 0. The summed E-state index contributed by atoms with van der Waals surface area (Å²) in [5.74, 6) is 0. The average molecular weight is 195 g/mol. The van der Waals surface area contributed by atoms with Crippen LogP contribution in [0.1, 0.15) is 18.1 Å². The normalized spacial score (nSPS) is 20.3. The molecule has 0 bridgehead atoms. The largest absolute Gasteiger partial charge is 0.307 e. The summed E-state index contributed by atoms with van der Waals surface area (Å²) in [6.45, 7) is 2.11. The molecule has 1 N–H and O–H groups in total. The van der Waals surface area contributed by atoms with Gasteiger partial charge in [0.1, 0.15) is 0 Å². The summed E-state index contributed by atoms with van der Waals surface area (Å²) < 4.78 is 0. The van der Waals surface area contributed by atoms with Crippen molar-refractivity contribution in [1.82, 2.24) is 5.43 Å². The van der Waals surface area contributed by atoms with E-state index >= 15 is 0 Å². The van der Waals surface area contributed by atoms with Gasteiger partial charge in [0.25, 0.3) is 0 Å². The predicted octanol–water partition coefficient (Wildman–Crippen LogP) is 2.21. The Morgan fingerprint density at radius 1 is 1.54 bits per heavy atom. The first-order chi connectivity index (χ1) is 6.25. The highest BCUT2D eigenvalue weighted by molar-refractivity contribution is 6.30. The van der Waals surface area contributed by atoms with Crippen LogP contribution in [0.15, 0.2) is 23.3 Å². The van der Waals surface area contributed by atoms with Crippen LogP contribution in [0, 0.1) is 0 Å². The number of hydrogen-bond acceptors (Lipinski definition) is 2. The zero-order valence-electron chi connectivity index (χ0n) is 7.42. The standard InChI is InChI=1S/C10H11ClN2/c1-7-4-8-2-3-10(11)5-9(8)6-12-13-7/h2-3,5-7,13H,4H2,1H3. The van der Waals surface area contributed by atoms with Crippen molar-refractivity contribution in [3.63, 3.8) is 0 Å². The van der Waals surface area contributed by atoms with Crippen molar-refractivity contribution in [2.45, 2.75) is 19.4 Å². The van der Waals surface area contributed by atoms with Gasteiger partial charge in [-0.2, -0.15) is 5.10 Å². The molecule has 0 spiro atoms. The fourth-order valence-electron chi connectivity index (χ4n) is 1.48. The van der Waals surface area contributed by atoms with Gasteiger partial charge in [0.15, 0.2) is 0 Å². The van der Waals surface area contributed by atoms with Gasteiger partial charge in [-0.05, 0) is 36.6 Å². The second-order valence-electron chi connectivity index (χ2n) is 3.34. The van der Waals surface area contributed by atoms with E-state index in [2.05, 4.69) is 23.5 Å². The molecule has 0 radical (unpaired) electrons. The summed E-state index contributed by atoms with van der Waals surface area (Å²) in [6, 6.07) is 6.32. The molecular formula is C10H11ClN2. The third kappa shape index (κ3) is 1.83. The Balaban J connectivity index is 2.44. The van der Waals surface area contributed by atoms with E-state index in [4.69, 9.17) is 11.6 Å². The minimum atomic E-state index is 0.388. The Morgan fingerprint density at radius 3 is 3.23 bits per heavy atom. The quantitative estimate of drug-likeness (QED) is 0.673. The Kier molecular flexibility index (Phi) is 2.23. The van der Waals surface area contributed by atoms with Gasteiger partial charge in [-0.3, -0.25) is 0 Å². The molecule has 1 heterocycles. The summed E-state index contributed by atoms with van der Waals surface area (Å²) in [7, 11) is 0. The van der Waals surface area contributed by atoms with Gasteiger partial charge in [-0.1, -0.05) is 17.7 Å². The highest BCUT2D eigenvalue weighted by atomic mass is 35.5. The van der Waals surface area contributed by atoms with E-state index in [-0.39, 0.29) is 0 Å². The molecule has 2 nitrogen and oxygen atoms in total. The van der Waals surface area contributed by atoms with Gasteiger partial charge in [-0.25, -0.2) is 0 Å². The molecule has 1 aliphatic rings. The molecule has 1 aromatic rings. The van der Waals surface area contributed by atoms with Crippen LogP contribution in [-0.4, -0.2) is 12.3 Å². The van der Waals surface area contributed by atoms with Crippen molar-refractivity contribution in [2.24, 2.45) is 5.10 Å². The van der Waals surface area contributed by atoms with Crippen LogP contribution in [0.5, 0.6) is 0 Å². The second kappa shape index (κ2) is 3.38. The molecule has 1 aliphatic heterocycles. The van der Waals surface area contributed by atoms with Crippen LogP contribution in [0.2, 0.25) is 5.02 Å². The first-order valence-corrected chi connectivity index (χ1v) is 4.70. The first-order valence-electron chi connectivity index (χ1n) is 4.33. The lowest BCUT2D eigenvalue weighted by Crippen LogP contribution is -2.21. The lowest BCUT2D eigenvalue weighted by atomic mass is 10.0. The van der Waals surface area contributed by atoms with Crippen LogP contribution in [0.3, 0.4) is 0 Å². The van der Waals surface area contributed by atoms with Crippen molar-refractivity contribution >= 4 is 17.8 Å². The van der Waals surface area contributed by atoms with Crippen molar-refractivity contribution in [2.75, 3.05) is 0 Å². The number of halogens is 1. The molecule has 0 aliphatic carbocycles. The number of benzene rings is 1. The van der Waals surface area contributed by atoms with E-state index in [9.17, 15) is 0 Å². The predicted molar refractivity (Wildman–Crippen MR) is 55.3 cm³/mol. The molecule has 1 atom stereocenters. The minimum absolute atomic E-state index is 0.388. The molecule has 1 unspecified atom stereocenters.